The number of imidazole rings is 1. The van der Waals surface area contributed by atoms with Gasteiger partial charge in [0, 0.05) is 31.9 Å². The Bertz CT molecular complexity index is 428. The summed E-state index contributed by atoms with van der Waals surface area (Å²) in [6.45, 7) is 0. The zero-order chi connectivity index (χ0) is 14.8. The van der Waals surface area contributed by atoms with Crippen LogP contribution in [0.3, 0.4) is 0 Å². The summed E-state index contributed by atoms with van der Waals surface area (Å²) in [6, 6.07) is -0.178. The topological polar surface area (TPSA) is 29.9 Å². The van der Waals surface area contributed by atoms with Crippen molar-refractivity contribution in [1.29, 1.82) is 0 Å². The molecule has 1 aliphatic carbocycles. The number of nitrogens with one attached hydrogen (secondary N) is 1. The second-order valence-electron chi connectivity index (χ2n) is 5.65. The van der Waals surface area contributed by atoms with Crippen molar-refractivity contribution in [3.8, 4) is 0 Å². The Hall–Kier alpha value is -1.04. The van der Waals surface area contributed by atoms with Crippen molar-refractivity contribution in [3.05, 3.63) is 18.2 Å². The lowest BCUT2D eigenvalue weighted by Crippen LogP contribution is -2.46. The van der Waals surface area contributed by atoms with E-state index >= 15 is 0 Å². The molecule has 114 valence electrons. The predicted molar refractivity (Wildman–Crippen MR) is 71.3 cm³/mol. The Labute approximate surface area is 117 Å². The van der Waals surface area contributed by atoms with E-state index in [2.05, 4.69) is 10.3 Å². The van der Waals surface area contributed by atoms with E-state index in [0.29, 0.717) is 19.3 Å². The van der Waals surface area contributed by atoms with Crippen LogP contribution in [0, 0.1) is 11.8 Å². The van der Waals surface area contributed by atoms with Crippen molar-refractivity contribution < 1.29 is 13.2 Å². The first-order valence-corrected chi connectivity index (χ1v) is 7.13. The van der Waals surface area contributed by atoms with Crippen molar-refractivity contribution in [1.82, 2.24) is 14.9 Å². The van der Waals surface area contributed by atoms with Crippen LogP contribution in [-0.4, -0.2) is 28.8 Å². The number of likely N-dealkylation sites (N-methyl/N-ethyl adjacent to an activating group) is 1. The molecule has 2 rings (SSSR count). The maximum Gasteiger partial charge on any atom is 0.392 e. The maximum atomic E-state index is 13.2. The van der Waals surface area contributed by atoms with Gasteiger partial charge in [0.1, 0.15) is 5.82 Å². The first-order valence-electron chi connectivity index (χ1n) is 7.13. The minimum atomic E-state index is -4.10. The molecule has 0 aliphatic heterocycles. The second-order valence-corrected chi connectivity index (χ2v) is 5.65. The van der Waals surface area contributed by atoms with Crippen molar-refractivity contribution in [2.24, 2.45) is 18.9 Å². The van der Waals surface area contributed by atoms with Crippen LogP contribution in [0.25, 0.3) is 0 Å². The van der Waals surface area contributed by atoms with Gasteiger partial charge in [-0.3, -0.25) is 0 Å². The molecule has 0 saturated heterocycles. The lowest BCUT2D eigenvalue weighted by atomic mass is 9.74. The van der Waals surface area contributed by atoms with Crippen LogP contribution in [0.5, 0.6) is 0 Å². The van der Waals surface area contributed by atoms with E-state index in [9.17, 15) is 13.2 Å². The van der Waals surface area contributed by atoms with Crippen molar-refractivity contribution in [3.63, 3.8) is 0 Å². The largest absolute Gasteiger partial charge is 0.392 e. The summed E-state index contributed by atoms with van der Waals surface area (Å²) < 4.78 is 41.5. The third-order valence-corrected chi connectivity index (χ3v) is 4.45. The van der Waals surface area contributed by atoms with Crippen LogP contribution in [-0.2, 0) is 13.5 Å². The molecule has 1 saturated carbocycles. The second kappa shape index (κ2) is 6.16. The number of hydrogen-bond acceptors (Lipinski definition) is 2. The molecule has 3 nitrogen and oxygen atoms in total. The molecule has 0 radical (unpaired) electrons. The molecule has 1 N–H and O–H groups in total. The average Bonchev–Trinajstić information content (AvgIpc) is 2.80. The van der Waals surface area contributed by atoms with E-state index in [4.69, 9.17) is 0 Å². The number of halogens is 3. The van der Waals surface area contributed by atoms with Gasteiger partial charge in [-0.2, -0.15) is 13.2 Å². The van der Waals surface area contributed by atoms with Gasteiger partial charge in [-0.05, 0) is 25.8 Å². The summed E-state index contributed by atoms with van der Waals surface area (Å²) in [6.07, 6.45) is 2.41. The molecule has 1 heterocycles. The number of alkyl halides is 3. The molecule has 1 aliphatic rings. The van der Waals surface area contributed by atoms with Gasteiger partial charge >= 0.3 is 6.18 Å². The first-order chi connectivity index (χ1) is 9.43. The van der Waals surface area contributed by atoms with Crippen LogP contribution in [0.2, 0.25) is 0 Å². The Morgan fingerprint density at radius 3 is 2.65 bits per heavy atom. The summed E-state index contributed by atoms with van der Waals surface area (Å²) in [7, 11) is 3.62. The van der Waals surface area contributed by atoms with E-state index < -0.39 is 12.1 Å². The van der Waals surface area contributed by atoms with Gasteiger partial charge in [-0.15, -0.1) is 0 Å². The maximum absolute atomic E-state index is 13.2. The van der Waals surface area contributed by atoms with E-state index in [0.717, 1.165) is 12.2 Å². The fourth-order valence-electron chi connectivity index (χ4n) is 3.30. The number of aromatic nitrogens is 2. The molecule has 0 amide bonds. The minimum absolute atomic E-state index is 0.178. The van der Waals surface area contributed by atoms with Crippen LogP contribution in [0.4, 0.5) is 13.2 Å². The molecule has 1 fully saturated rings. The Balaban J connectivity index is 2.14. The molecule has 1 aromatic heterocycles. The highest BCUT2D eigenvalue weighted by Gasteiger charge is 2.47. The van der Waals surface area contributed by atoms with E-state index in [1.165, 1.54) is 0 Å². The number of aryl methyl sites for hydroxylation is 1. The normalized spacial score (nSPS) is 25.6. The quantitative estimate of drug-likeness (QED) is 0.923. The Morgan fingerprint density at radius 2 is 2.10 bits per heavy atom. The van der Waals surface area contributed by atoms with E-state index in [-0.39, 0.29) is 18.4 Å². The van der Waals surface area contributed by atoms with Gasteiger partial charge in [0.05, 0.1) is 5.92 Å². The fourth-order valence-corrected chi connectivity index (χ4v) is 3.30. The predicted octanol–water partition coefficient (Wildman–Crippen LogP) is 2.92. The summed E-state index contributed by atoms with van der Waals surface area (Å²) in [5, 5.41) is 3.09. The molecule has 0 bridgehead atoms. The lowest BCUT2D eigenvalue weighted by molar-refractivity contribution is -0.199. The third kappa shape index (κ3) is 3.34. The molecule has 20 heavy (non-hydrogen) atoms. The van der Waals surface area contributed by atoms with Crippen molar-refractivity contribution in [2.75, 3.05) is 7.05 Å². The molecule has 3 atom stereocenters. The van der Waals surface area contributed by atoms with Gasteiger partial charge < -0.3 is 9.88 Å². The fraction of sp³-hybridized carbons (Fsp3) is 0.786. The molecule has 1 aromatic rings. The SMILES string of the molecule is CNC(Cc1nccn1C)C1CCCCC1C(F)(F)F. The first kappa shape index (κ1) is 15.4. The number of hydrogen-bond donors (Lipinski definition) is 1. The van der Waals surface area contributed by atoms with Crippen molar-refractivity contribution >= 4 is 0 Å². The minimum Gasteiger partial charge on any atom is -0.338 e. The molecule has 3 unspecified atom stereocenters. The van der Waals surface area contributed by atoms with Crippen LogP contribution in [0.1, 0.15) is 31.5 Å². The van der Waals surface area contributed by atoms with Gasteiger partial charge in [0.15, 0.2) is 0 Å². The standard InChI is InChI=1S/C14H22F3N3/c1-18-12(9-13-19-7-8-20(13)2)10-5-3-4-6-11(10)14(15,16)17/h7-8,10-12,18H,3-6,9H2,1-2H3. The number of rotatable bonds is 4. The van der Waals surface area contributed by atoms with Crippen LogP contribution >= 0.6 is 0 Å². The molecular weight excluding hydrogens is 267 g/mol. The van der Waals surface area contributed by atoms with E-state index in [1.807, 2.05) is 17.8 Å². The lowest BCUT2D eigenvalue weighted by Gasteiger charge is -2.38. The summed E-state index contributed by atoms with van der Waals surface area (Å²) in [5.41, 5.74) is 0. The van der Waals surface area contributed by atoms with Crippen LogP contribution in [0.15, 0.2) is 12.4 Å². The van der Waals surface area contributed by atoms with Gasteiger partial charge in [0.2, 0.25) is 0 Å². The highest BCUT2D eigenvalue weighted by atomic mass is 19.4. The Kier molecular flexibility index (Phi) is 4.73. The van der Waals surface area contributed by atoms with Crippen molar-refractivity contribution in [2.45, 2.75) is 44.3 Å². The monoisotopic (exact) mass is 289 g/mol. The Morgan fingerprint density at radius 1 is 1.40 bits per heavy atom. The third-order valence-electron chi connectivity index (χ3n) is 4.45. The average molecular weight is 289 g/mol. The van der Waals surface area contributed by atoms with Crippen LogP contribution < -0.4 is 5.32 Å². The zero-order valence-electron chi connectivity index (χ0n) is 12.0. The highest BCUT2D eigenvalue weighted by molar-refractivity contribution is 4.98. The number of nitrogens with zero attached hydrogens (tertiary/aromatic N) is 2. The smallest absolute Gasteiger partial charge is 0.338 e. The summed E-state index contributed by atoms with van der Waals surface area (Å²) in [5.74, 6) is -0.713. The molecule has 6 heteroatoms. The summed E-state index contributed by atoms with van der Waals surface area (Å²) >= 11 is 0. The zero-order valence-corrected chi connectivity index (χ0v) is 12.0. The highest BCUT2D eigenvalue weighted by Crippen LogP contribution is 2.43. The summed E-state index contributed by atoms with van der Waals surface area (Å²) in [4.78, 5) is 4.23. The molecule has 0 aromatic carbocycles. The molecule has 0 spiro atoms. The van der Waals surface area contributed by atoms with Gasteiger partial charge in [0.25, 0.3) is 0 Å². The van der Waals surface area contributed by atoms with E-state index in [1.54, 1.807) is 13.2 Å². The van der Waals surface area contributed by atoms with Gasteiger partial charge in [-0.25, -0.2) is 4.98 Å². The molecular formula is C14H22F3N3. The van der Waals surface area contributed by atoms with Gasteiger partial charge in [-0.1, -0.05) is 12.8 Å².